The van der Waals surface area contributed by atoms with E-state index in [9.17, 15) is 4.79 Å². The number of nitrogen functional groups attached to an aromatic ring is 1. The molecule has 0 aliphatic rings. The Morgan fingerprint density at radius 3 is 2.80 bits per heavy atom. The number of nitrogens with zero attached hydrogens (tertiary/aromatic N) is 5. The van der Waals surface area contributed by atoms with E-state index in [-0.39, 0.29) is 6.42 Å². The van der Waals surface area contributed by atoms with E-state index in [0.29, 0.717) is 24.6 Å². The second-order valence-corrected chi connectivity index (χ2v) is 4.32. The Hall–Kier alpha value is -2.64. The fourth-order valence-corrected chi connectivity index (χ4v) is 1.85. The van der Waals surface area contributed by atoms with Gasteiger partial charge in [0.2, 0.25) is 0 Å². The van der Waals surface area contributed by atoms with Gasteiger partial charge in [-0.15, -0.1) is 10.2 Å². The second-order valence-electron chi connectivity index (χ2n) is 4.32. The van der Waals surface area contributed by atoms with E-state index >= 15 is 0 Å². The summed E-state index contributed by atoms with van der Waals surface area (Å²) in [6.07, 6.45) is 0.00853. The minimum Gasteiger partial charge on any atom is -0.481 e. The molecular formula is C12H16N6O2. The summed E-state index contributed by atoms with van der Waals surface area (Å²) in [5.74, 6) is -0.349. The highest BCUT2D eigenvalue weighted by Gasteiger charge is 2.14. The number of para-hydroxylation sites is 2. The summed E-state index contributed by atoms with van der Waals surface area (Å²) in [6, 6.07) is 7.29. The van der Waals surface area contributed by atoms with Crippen molar-refractivity contribution in [2.75, 3.05) is 17.2 Å². The van der Waals surface area contributed by atoms with E-state index in [1.807, 2.05) is 23.1 Å². The van der Waals surface area contributed by atoms with Gasteiger partial charge in [0, 0.05) is 6.54 Å². The van der Waals surface area contributed by atoms with Crippen molar-refractivity contribution >= 4 is 17.3 Å². The van der Waals surface area contributed by atoms with Crippen molar-refractivity contribution in [3.63, 3.8) is 0 Å². The van der Waals surface area contributed by atoms with Crippen LogP contribution in [-0.2, 0) is 18.4 Å². The number of rotatable bonds is 6. The lowest BCUT2D eigenvalue weighted by Crippen LogP contribution is -2.27. The van der Waals surface area contributed by atoms with E-state index < -0.39 is 5.97 Å². The van der Waals surface area contributed by atoms with Gasteiger partial charge >= 0.3 is 5.97 Å². The standard InChI is InChI=1S/C12H16N6O2/c1-17-15-11(14-16-17)8-18(7-6-12(19)20)10-5-3-2-4-9(10)13/h2-5H,6-8,13H2,1H3,(H,19,20). The summed E-state index contributed by atoms with van der Waals surface area (Å²) >= 11 is 0. The second kappa shape index (κ2) is 6.00. The molecule has 0 fully saturated rings. The Kier molecular flexibility index (Phi) is 4.14. The van der Waals surface area contributed by atoms with Gasteiger partial charge in [-0.2, -0.15) is 4.80 Å². The molecule has 0 aliphatic carbocycles. The highest BCUT2D eigenvalue weighted by Crippen LogP contribution is 2.23. The molecule has 0 unspecified atom stereocenters. The lowest BCUT2D eigenvalue weighted by molar-refractivity contribution is -0.136. The minimum atomic E-state index is -0.864. The Labute approximate surface area is 115 Å². The fraction of sp³-hybridized carbons (Fsp3) is 0.333. The molecular weight excluding hydrogens is 260 g/mol. The van der Waals surface area contributed by atoms with Crippen LogP contribution >= 0.6 is 0 Å². The topological polar surface area (TPSA) is 110 Å². The molecule has 0 saturated heterocycles. The molecule has 0 amide bonds. The normalized spacial score (nSPS) is 10.4. The molecule has 20 heavy (non-hydrogen) atoms. The Balaban J connectivity index is 2.20. The number of hydrogen-bond acceptors (Lipinski definition) is 6. The Bertz CT molecular complexity index is 597. The van der Waals surface area contributed by atoms with Crippen molar-refractivity contribution in [3.8, 4) is 0 Å². The summed E-state index contributed by atoms with van der Waals surface area (Å²) in [5, 5.41) is 20.6. The number of benzene rings is 1. The first-order valence-corrected chi connectivity index (χ1v) is 6.10. The maximum absolute atomic E-state index is 10.8. The Morgan fingerprint density at radius 1 is 1.45 bits per heavy atom. The van der Waals surface area contributed by atoms with Gasteiger partial charge in [-0.3, -0.25) is 4.79 Å². The summed E-state index contributed by atoms with van der Waals surface area (Å²) in [7, 11) is 1.68. The summed E-state index contributed by atoms with van der Waals surface area (Å²) in [6.45, 7) is 0.678. The van der Waals surface area contributed by atoms with Gasteiger partial charge < -0.3 is 15.7 Å². The molecule has 1 aromatic carbocycles. The molecule has 0 atom stereocenters. The van der Waals surface area contributed by atoms with Crippen LogP contribution < -0.4 is 10.6 Å². The van der Waals surface area contributed by atoms with Crippen LogP contribution in [0.5, 0.6) is 0 Å². The van der Waals surface area contributed by atoms with Crippen molar-refractivity contribution in [1.82, 2.24) is 20.2 Å². The van der Waals surface area contributed by atoms with Gasteiger partial charge in [0.25, 0.3) is 0 Å². The van der Waals surface area contributed by atoms with Crippen LogP contribution in [0.25, 0.3) is 0 Å². The molecule has 1 heterocycles. The van der Waals surface area contributed by atoms with Crippen LogP contribution in [0.4, 0.5) is 11.4 Å². The molecule has 2 rings (SSSR count). The molecule has 106 valence electrons. The van der Waals surface area contributed by atoms with Gasteiger partial charge in [0.05, 0.1) is 31.4 Å². The summed E-state index contributed by atoms with van der Waals surface area (Å²) < 4.78 is 0. The predicted molar refractivity (Wildman–Crippen MR) is 73.0 cm³/mol. The molecule has 0 radical (unpaired) electrons. The third kappa shape index (κ3) is 3.44. The van der Waals surface area contributed by atoms with Crippen LogP contribution in [-0.4, -0.2) is 37.8 Å². The highest BCUT2D eigenvalue weighted by atomic mass is 16.4. The first-order valence-electron chi connectivity index (χ1n) is 6.10. The van der Waals surface area contributed by atoms with E-state index in [1.165, 1.54) is 4.80 Å². The van der Waals surface area contributed by atoms with Crippen molar-refractivity contribution < 1.29 is 9.90 Å². The van der Waals surface area contributed by atoms with Crippen LogP contribution in [0, 0.1) is 0 Å². The molecule has 2 aromatic rings. The Morgan fingerprint density at radius 2 is 2.20 bits per heavy atom. The molecule has 0 aliphatic heterocycles. The van der Waals surface area contributed by atoms with Crippen LogP contribution in [0.1, 0.15) is 12.2 Å². The third-order valence-corrected chi connectivity index (χ3v) is 2.76. The maximum Gasteiger partial charge on any atom is 0.305 e. The van der Waals surface area contributed by atoms with Crippen molar-refractivity contribution in [3.05, 3.63) is 30.1 Å². The number of carboxylic acids is 1. The van der Waals surface area contributed by atoms with Crippen LogP contribution in [0.3, 0.4) is 0 Å². The van der Waals surface area contributed by atoms with Crippen molar-refractivity contribution in [2.45, 2.75) is 13.0 Å². The van der Waals surface area contributed by atoms with Gasteiger partial charge in [0.15, 0.2) is 5.82 Å². The number of carbonyl (C=O) groups is 1. The van der Waals surface area contributed by atoms with E-state index in [0.717, 1.165) is 5.69 Å². The number of hydrogen-bond donors (Lipinski definition) is 2. The number of aryl methyl sites for hydroxylation is 1. The highest BCUT2D eigenvalue weighted by molar-refractivity contribution is 5.70. The van der Waals surface area contributed by atoms with E-state index in [4.69, 9.17) is 10.8 Å². The number of carboxylic acid groups (broad SMARTS) is 1. The zero-order chi connectivity index (χ0) is 14.5. The fourth-order valence-electron chi connectivity index (χ4n) is 1.85. The number of aliphatic carboxylic acids is 1. The predicted octanol–water partition coefficient (Wildman–Crippen LogP) is 0.274. The molecule has 0 saturated carbocycles. The number of tetrazole rings is 1. The maximum atomic E-state index is 10.8. The van der Waals surface area contributed by atoms with Crippen molar-refractivity contribution in [1.29, 1.82) is 0 Å². The molecule has 8 nitrogen and oxygen atoms in total. The van der Waals surface area contributed by atoms with Gasteiger partial charge in [0.1, 0.15) is 0 Å². The third-order valence-electron chi connectivity index (χ3n) is 2.76. The smallest absolute Gasteiger partial charge is 0.305 e. The molecule has 8 heteroatoms. The molecule has 1 aromatic heterocycles. The quantitative estimate of drug-likeness (QED) is 0.729. The van der Waals surface area contributed by atoms with Gasteiger partial charge in [-0.25, -0.2) is 0 Å². The number of nitrogens with two attached hydrogens (primary N) is 1. The van der Waals surface area contributed by atoms with Gasteiger partial charge in [-0.1, -0.05) is 12.1 Å². The van der Waals surface area contributed by atoms with Crippen molar-refractivity contribution in [2.24, 2.45) is 7.05 Å². The summed E-state index contributed by atoms with van der Waals surface area (Å²) in [5.41, 5.74) is 7.29. The average molecular weight is 276 g/mol. The van der Waals surface area contributed by atoms with E-state index in [2.05, 4.69) is 15.4 Å². The monoisotopic (exact) mass is 276 g/mol. The molecule has 0 spiro atoms. The van der Waals surface area contributed by atoms with Crippen LogP contribution in [0.2, 0.25) is 0 Å². The largest absolute Gasteiger partial charge is 0.481 e. The zero-order valence-corrected chi connectivity index (χ0v) is 11.1. The molecule has 0 bridgehead atoms. The minimum absolute atomic E-state index is 0.00853. The summed E-state index contributed by atoms with van der Waals surface area (Å²) in [4.78, 5) is 14.0. The lowest BCUT2D eigenvalue weighted by Gasteiger charge is -2.24. The van der Waals surface area contributed by atoms with E-state index in [1.54, 1.807) is 13.1 Å². The molecule has 3 N–H and O–H groups in total. The number of aromatic nitrogens is 4. The average Bonchev–Trinajstić information content (AvgIpc) is 2.81. The van der Waals surface area contributed by atoms with Crippen LogP contribution in [0.15, 0.2) is 24.3 Å². The van der Waals surface area contributed by atoms with Gasteiger partial charge in [-0.05, 0) is 17.3 Å². The SMILES string of the molecule is Cn1nnc(CN(CCC(=O)O)c2ccccc2N)n1. The lowest BCUT2D eigenvalue weighted by atomic mass is 10.2. The zero-order valence-electron chi connectivity index (χ0n) is 11.1. The first-order chi connectivity index (χ1) is 9.56. The number of anilines is 2. The first kappa shape index (κ1) is 13.8.